The van der Waals surface area contributed by atoms with Crippen LogP contribution in [0.2, 0.25) is 0 Å². The Morgan fingerprint density at radius 3 is 2.25 bits per heavy atom. The average molecular weight is 343 g/mol. The van der Waals surface area contributed by atoms with E-state index in [-0.39, 0.29) is 11.8 Å². The molecule has 0 aliphatic carbocycles. The summed E-state index contributed by atoms with van der Waals surface area (Å²) in [5, 5.41) is 20.6. The second kappa shape index (κ2) is 8.06. The maximum atomic E-state index is 10.6. The topological polar surface area (TPSA) is 43.7 Å². The van der Waals surface area contributed by atoms with Crippen LogP contribution in [0, 0.1) is 0 Å². The Kier molecular flexibility index (Phi) is 5.82. The van der Waals surface area contributed by atoms with Gasteiger partial charge in [0.25, 0.3) is 0 Å². The van der Waals surface area contributed by atoms with Gasteiger partial charge in [0.15, 0.2) is 0 Å². The molecular formula is C20H25NO2S. The van der Waals surface area contributed by atoms with Crippen LogP contribution in [-0.4, -0.2) is 39.5 Å². The molecular weight excluding hydrogens is 318 g/mol. The molecule has 0 bridgehead atoms. The third-order valence-corrected chi connectivity index (χ3v) is 6.14. The van der Waals surface area contributed by atoms with Crippen LogP contribution in [0.3, 0.4) is 0 Å². The predicted molar refractivity (Wildman–Crippen MR) is 99.4 cm³/mol. The number of aliphatic hydroxyl groups excluding tert-OH is 1. The summed E-state index contributed by atoms with van der Waals surface area (Å²) in [6.45, 7) is 4.11. The van der Waals surface area contributed by atoms with E-state index in [4.69, 9.17) is 0 Å². The summed E-state index contributed by atoms with van der Waals surface area (Å²) in [5.74, 6) is 0.234. The number of likely N-dealkylation sites (tertiary alicyclic amines) is 1. The van der Waals surface area contributed by atoms with Crippen LogP contribution in [0.15, 0.2) is 59.5 Å². The highest BCUT2D eigenvalue weighted by atomic mass is 32.2. The van der Waals surface area contributed by atoms with Gasteiger partial charge in [-0.1, -0.05) is 30.3 Å². The number of thioether (sulfide) groups is 1. The first-order chi connectivity index (χ1) is 11.6. The lowest BCUT2D eigenvalue weighted by Gasteiger charge is -2.37. The summed E-state index contributed by atoms with van der Waals surface area (Å²) >= 11 is 1.97. The molecule has 1 aliphatic rings. The molecule has 1 saturated heterocycles. The number of hydrogen-bond donors (Lipinski definition) is 2. The summed E-state index contributed by atoms with van der Waals surface area (Å²) in [7, 11) is 0. The van der Waals surface area contributed by atoms with Gasteiger partial charge in [0.05, 0.1) is 6.10 Å². The molecule has 4 heteroatoms. The Hall–Kier alpha value is -1.49. The van der Waals surface area contributed by atoms with E-state index < -0.39 is 6.10 Å². The number of benzene rings is 2. The number of aromatic hydroxyl groups is 1. The molecule has 2 aromatic rings. The molecule has 2 atom stereocenters. The Bertz CT molecular complexity index is 624. The van der Waals surface area contributed by atoms with Gasteiger partial charge in [-0.3, -0.25) is 4.90 Å². The minimum Gasteiger partial charge on any atom is -0.508 e. The smallest absolute Gasteiger partial charge is 0.115 e. The SMILES string of the molecule is C[C@@H]([C@H](O)c1ccc(O)cc1)N1CCC(Sc2ccccc2)CC1. The standard InChI is InChI=1S/C20H25NO2S/c1-15(20(23)16-7-9-17(22)10-8-16)21-13-11-19(12-14-21)24-18-5-3-2-4-6-18/h2-10,15,19-20,22-23H,11-14H2,1H3/t15-,20-/m0/s1. The van der Waals surface area contributed by atoms with Crippen molar-refractivity contribution in [2.45, 2.75) is 42.1 Å². The molecule has 3 rings (SSSR count). The normalized spacial score (nSPS) is 19.1. The van der Waals surface area contributed by atoms with E-state index in [1.165, 1.54) is 4.90 Å². The number of piperidine rings is 1. The van der Waals surface area contributed by atoms with Crippen LogP contribution in [-0.2, 0) is 0 Å². The lowest BCUT2D eigenvalue weighted by Crippen LogP contribution is -2.43. The lowest BCUT2D eigenvalue weighted by molar-refractivity contribution is 0.0480. The Labute approximate surface area is 148 Å². The van der Waals surface area contributed by atoms with Gasteiger partial charge in [0.2, 0.25) is 0 Å². The fraction of sp³-hybridized carbons (Fsp3) is 0.400. The molecule has 0 saturated carbocycles. The number of nitrogens with zero attached hydrogens (tertiary/aromatic N) is 1. The molecule has 0 amide bonds. The fourth-order valence-electron chi connectivity index (χ4n) is 3.24. The summed E-state index contributed by atoms with van der Waals surface area (Å²) in [5.41, 5.74) is 0.862. The highest BCUT2D eigenvalue weighted by Crippen LogP contribution is 2.32. The van der Waals surface area contributed by atoms with Crippen molar-refractivity contribution in [2.75, 3.05) is 13.1 Å². The summed E-state index contributed by atoms with van der Waals surface area (Å²) in [6, 6.07) is 17.5. The highest BCUT2D eigenvalue weighted by Gasteiger charge is 2.27. The molecule has 0 aromatic heterocycles. The van der Waals surface area contributed by atoms with Crippen molar-refractivity contribution in [1.82, 2.24) is 4.90 Å². The zero-order chi connectivity index (χ0) is 16.9. The van der Waals surface area contributed by atoms with Crippen molar-refractivity contribution >= 4 is 11.8 Å². The second-order valence-corrected chi connectivity index (χ2v) is 7.82. The molecule has 24 heavy (non-hydrogen) atoms. The lowest BCUT2D eigenvalue weighted by atomic mass is 9.99. The number of aliphatic hydroxyl groups is 1. The third-order valence-electron chi connectivity index (χ3n) is 4.79. The van der Waals surface area contributed by atoms with E-state index in [1.807, 2.05) is 11.8 Å². The maximum Gasteiger partial charge on any atom is 0.115 e. The van der Waals surface area contributed by atoms with Gasteiger partial charge < -0.3 is 10.2 Å². The van der Waals surface area contributed by atoms with Crippen LogP contribution in [0.25, 0.3) is 0 Å². The third kappa shape index (κ3) is 4.32. The number of rotatable bonds is 5. The van der Waals surface area contributed by atoms with E-state index in [0.717, 1.165) is 31.5 Å². The molecule has 2 aromatic carbocycles. The van der Waals surface area contributed by atoms with Crippen molar-refractivity contribution in [1.29, 1.82) is 0 Å². The minimum absolute atomic E-state index is 0.0808. The van der Waals surface area contributed by atoms with E-state index in [1.54, 1.807) is 24.3 Å². The molecule has 2 N–H and O–H groups in total. The second-order valence-electron chi connectivity index (χ2n) is 6.44. The maximum absolute atomic E-state index is 10.6. The largest absolute Gasteiger partial charge is 0.508 e. The zero-order valence-corrected chi connectivity index (χ0v) is 14.8. The molecule has 0 radical (unpaired) electrons. The van der Waals surface area contributed by atoms with E-state index in [9.17, 15) is 10.2 Å². The van der Waals surface area contributed by atoms with Gasteiger partial charge in [0.1, 0.15) is 5.75 Å². The Balaban J connectivity index is 1.53. The first-order valence-corrected chi connectivity index (χ1v) is 9.44. The van der Waals surface area contributed by atoms with Crippen molar-refractivity contribution in [3.05, 3.63) is 60.2 Å². The number of phenols is 1. The molecule has 1 aliphatic heterocycles. The monoisotopic (exact) mass is 343 g/mol. The van der Waals surface area contributed by atoms with Crippen molar-refractivity contribution in [2.24, 2.45) is 0 Å². The molecule has 0 spiro atoms. The van der Waals surface area contributed by atoms with Gasteiger partial charge >= 0.3 is 0 Å². The minimum atomic E-state index is -0.524. The van der Waals surface area contributed by atoms with Crippen molar-refractivity contribution in [3.8, 4) is 5.75 Å². The molecule has 128 valence electrons. The quantitative estimate of drug-likeness (QED) is 0.859. The average Bonchev–Trinajstić information content (AvgIpc) is 2.63. The Morgan fingerprint density at radius 2 is 1.62 bits per heavy atom. The first kappa shape index (κ1) is 17.3. The summed E-state index contributed by atoms with van der Waals surface area (Å²) in [4.78, 5) is 3.72. The van der Waals surface area contributed by atoms with Crippen molar-refractivity contribution in [3.63, 3.8) is 0 Å². The molecule has 3 nitrogen and oxygen atoms in total. The highest BCUT2D eigenvalue weighted by molar-refractivity contribution is 8.00. The van der Waals surface area contributed by atoms with Crippen molar-refractivity contribution < 1.29 is 10.2 Å². The Morgan fingerprint density at radius 1 is 1.00 bits per heavy atom. The van der Waals surface area contributed by atoms with Crippen LogP contribution in [0.4, 0.5) is 0 Å². The molecule has 1 fully saturated rings. The van der Waals surface area contributed by atoms with E-state index >= 15 is 0 Å². The van der Waals surface area contributed by atoms with Crippen LogP contribution in [0.5, 0.6) is 5.75 Å². The van der Waals surface area contributed by atoms with Gasteiger partial charge in [-0.25, -0.2) is 0 Å². The van der Waals surface area contributed by atoms with Gasteiger partial charge in [-0.05, 0) is 62.7 Å². The van der Waals surface area contributed by atoms with Crippen LogP contribution >= 0.6 is 11.8 Å². The van der Waals surface area contributed by atoms with Gasteiger partial charge in [-0.2, -0.15) is 0 Å². The molecule has 1 heterocycles. The number of hydrogen-bond acceptors (Lipinski definition) is 4. The summed E-state index contributed by atoms with van der Waals surface area (Å²) in [6.07, 6.45) is 1.77. The number of phenolic OH excluding ortho intramolecular Hbond substituents is 1. The molecule has 0 unspecified atom stereocenters. The van der Waals surface area contributed by atoms with E-state index in [0.29, 0.717) is 5.25 Å². The van der Waals surface area contributed by atoms with Gasteiger partial charge in [-0.15, -0.1) is 11.8 Å². The zero-order valence-electron chi connectivity index (χ0n) is 14.0. The predicted octanol–water partition coefficient (Wildman–Crippen LogP) is 4.07. The summed E-state index contributed by atoms with van der Waals surface area (Å²) < 4.78 is 0. The fourth-order valence-corrected chi connectivity index (χ4v) is 4.39. The first-order valence-electron chi connectivity index (χ1n) is 8.56. The van der Waals surface area contributed by atoms with Gasteiger partial charge in [0, 0.05) is 16.2 Å². The van der Waals surface area contributed by atoms with Crippen LogP contribution < -0.4 is 0 Å². The van der Waals surface area contributed by atoms with Crippen LogP contribution in [0.1, 0.15) is 31.4 Å². The van der Waals surface area contributed by atoms with E-state index in [2.05, 4.69) is 42.2 Å².